The van der Waals surface area contributed by atoms with Gasteiger partial charge in [-0.25, -0.2) is 0 Å². The third-order valence-corrected chi connectivity index (χ3v) is 7.31. The largest absolute Gasteiger partial charge is 0.357 e. The van der Waals surface area contributed by atoms with E-state index in [1.807, 2.05) is 6.08 Å². The van der Waals surface area contributed by atoms with Crippen LogP contribution in [-0.4, -0.2) is 34.7 Å². The van der Waals surface area contributed by atoms with Crippen LogP contribution in [-0.2, 0) is 30.7 Å². The molecule has 2 aromatic carbocycles. The van der Waals surface area contributed by atoms with Crippen molar-refractivity contribution in [3.05, 3.63) is 89.5 Å². The third-order valence-electron chi connectivity index (χ3n) is 7.31. The SMILES string of the molecule is C=CCC[C@H](C(C)=O)N1Cc2c(CCc3ccc(CN4CCCCC4)cc3)cccc2C1=C. The number of allylic oxidation sites excluding steroid dienone is 1. The average Bonchev–Trinajstić information content (AvgIpc) is 3.16. The van der Waals surface area contributed by atoms with Crippen LogP contribution < -0.4 is 0 Å². The minimum atomic E-state index is -0.122. The lowest BCUT2D eigenvalue weighted by molar-refractivity contribution is -0.121. The fraction of sp³-hybridized carbons (Fsp3) is 0.433. The van der Waals surface area contributed by atoms with Gasteiger partial charge < -0.3 is 4.90 Å². The Kier molecular flexibility index (Phi) is 7.82. The van der Waals surface area contributed by atoms with Crippen molar-refractivity contribution < 1.29 is 4.79 Å². The molecule has 0 bridgehead atoms. The molecule has 0 amide bonds. The van der Waals surface area contributed by atoms with Crippen LogP contribution in [0.1, 0.15) is 66.8 Å². The van der Waals surface area contributed by atoms with Gasteiger partial charge in [-0.1, -0.05) is 61.5 Å². The molecular formula is C30H38N2O. The molecule has 0 unspecified atom stereocenters. The number of hydrogen-bond donors (Lipinski definition) is 0. The quantitative estimate of drug-likeness (QED) is 0.411. The molecule has 0 saturated carbocycles. The number of likely N-dealkylation sites (tertiary alicyclic amines) is 1. The van der Waals surface area contributed by atoms with Crippen molar-refractivity contribution in [1.29, 1.82) is 0 Å². The number of fused-ring (bicyclic) bond motifs is 1. The van der Waals surface area contributed by atoms with Crippen LogP contribution in [0.25, 0.3) is 5.70 Å². The van der Waals surface area contributed by atoms with Crippen LogP contribution in [0, 0.1) is 0 Å². The van der Waals surface area contributed by atoms with Gasteiger partial charge in [-0.3, -0.25) is 9.69 Å². The Morgan fingerprint density at radius 2 is 1.76 bits per heavy atom. The summed E-state index contributed by atoms with van der Waals surface area (Å²) in [5, 5.41) is 0. The Balaban J connectivity index is 1.40. The summed E-state index contributed by atoms with van der Waals surface area (Å²) in [6.07, 6.45) is 9.62. The lowest BCUT2D eigenvalue weighted by Crippen LogP contribution is -2.35. The molecular weight excluding hydrogens is 404 g/mol. The van der Waals surface area contributed by atoms with Crippen molar-refractivity contribution in [3.63, 3.8) is 0 Å². The first-order valence-electron chi connectivity index (χ1n) is 12.5. The van der Waals surface area contributed by atoms with Crippen LogP contribution in [0.15, 0.2) is 61.7 Å². The fourth-order valence-corrected chi connectivity index (χ4v) is 5.37. The van der Waals surface area contributed by atoms with Crippen molar-refractivity contribution in [2.24, 2.45) is 0 Å². The highest BCUT2D eigenvalue weighted by atomic mass is 16.1. The van der Waals surface area contributed by atoms with Gasteiger partial charge in [-0.05, 0) is 80.8 Å². The molecule has 4 rings (SSSR count). The molecule has 0 spiro atoms. The van der Waals surface area contributed by atoms with E-state index in [2.05, 4.69) is 65.4 Å². The van der Waals surface area contributed by atoms with E-state index in [-0.39, 0.29) is 11.8 Å². The van der Waals surface area contributed by atoms with E-state index in [1.165, 1.54) is 60.2 Å². The summed E-state index contributed by atoms with van der Waals surface area (Å²) in [5.41, 5.74) is 7.71. The van der Waals surface area contributed by atoms with Crippen LogP contribution in [0.4, 0.5) is 0 Å². The number of ketones is 1. The topological polar surface area (TPSA) is 23.6 Å². The van der Waals surface area contributed by atoms with E-state index < -0.39 is 0 Å². The van der Waals surface area contributed by atoms with Crippen molar-refractivity contribution in [2.75, 3.05) is 13.1 Å². The molecule has 1 saturated heterocycles. The minimum Gasteiger partial charge on any atom is -0.357 e. The zero-order valence-corrected chi connectivity index (χ0v) is 20.2. The zero-order valence-electron chi connectivity index (χ0n) is 20.2. The predicted molar refractivity (Wildman–Crippen MR) is 138 cm³/mol. The van der Waals surface area contributed by atoms with Crippen LogP contribution in [0.3, 0.4) is 0 Å². The van der Waals surface area contributed by atoms with Gasteiger partial charge in [0.25, 0.3) is 0 Å². The molecule has 3 heteroatoms. The molecule has 33 heavy (non-hydrogen) atoms. The number of carbonyl (C=O) groups excluding carboxylic acids is 1. The van der Waals surface area contributed by atoms with Crippen molar-refractivity contribution in [3.8, 4) is 0 Å². The van der Waals surface area contributed by atoms with Gasteiger partial charge in [0.1, 0.15) is 0 Å². The number of hydrogen-bond acceptors (Lipinski definition) is 3. The van der Waals surface area contributed by atoms with Crippen LogP contribution in [0.5, 0.6) is 0 Å². The summed E-state index contributed by atoms with van der Waals surface area (Å²) >= 11 is 0. The third kappa shape index (κ3) is 5.65. The number of aryl methyl sites for hydroxylation is 2. The molecule has 2 aromatic rings. The highest BCUT2D eigenvalue weighted by Crippen LogP contribution is 2.36. The first kappa shape index (κ1) is 23.5. The average molecular weight is 443 g/mol. The van der Waals surface area contributed by atoms with Gasteiger partial charge in [0.05, 0.1) is 6.04 Å². The van der Waals surface area contributed by atoms with Gasteiger partial charge in [-0.2, -0.15) is 0 Å². The standard InChI is InChI=1S/C30H38N2O/c1-4-5-12-30(24(3)33)32-22-29-27(10-9-11-28(29)23(32)2)18-17-25-13-15-26(16-14-25)21-31-19-7-6-8-20-31/h4,9-11,13-16,30H,1-2,5-8,12,17-22H2,3H3/t30-/m1/s1. The molecule has 2 heterocycles. The van der Waals surface area contributed by atoms with Gasteiger partial charge >= 0.3 is 0 Å². The second kappa shape index (κ2) is 11.0. The maximum atomic E-state index is 12.4. The highest BCUT2D eigenvalue weighted by Gasteiger charge is 2.31. The van der Waals surface area contributed by atoms with Gasteiger partial charge in [0.15, 0.2) is 5.78 Å². The first-order valence-corrected chi connectivity index (χ1v) is 12.5. The number of carbonyl (C=O) groups is 1. The summed E-state index contributed by atoms with van der Waals surface area (Å²) < 4.78 is 0. The van der Waals surface area contributed by atoms with Gasteiger partial charge in [0.2, 0.25) is 0 Å². The normalized spacial score (nSPS) is 17.1. The second-order valence-corrected chi connectivity index (χ2v) is 9.66. The van der Waals surface area contributed by atoms with Gasteiger partial charge in [-0.15, -0.1) is 6.58 Å². The van der Waals surface area contributed by atoms with E-state index >= 15 is 0 Å². The van der Waals surface area contributed by atoms with E-state index in [9.17, 15) is 4.79 Å². The van der Waals surface area contributed by atoms with Gasteiger partial charge in [0, 0.05) is 24.4 Å². The first-order chi connectivity index (χ1) is 16.1. The molecule has 1 fully saturated rings. The Bertz CT molecular complexity index is 985. The number of nitrogens with zero attached hydrogens (tertiary/aromatic N) is 2. The number of benzene rings is 2. The molecule has 3 nitrogen and oxygen atoms in total. The van der Waals surface area contributed by atoms with E-state index in [0.29, 0.717) is 0 Å². The van der Waals surface area contributed by atoms with E-state index in [0.717, 1.165) is 44.5 Å². The van der Waals surface area contributed by atoms with Crippen molar-refractivity contribution >= 4 is 11.5 Å². The number of rotatable bonds is 10. The van der Waals surface area contributed by atoms with E-state index in [1.54, 1.807) is 6.92 Å². The number of Topliss-reactive ketones (excluding diaryl/α,β-unsaturated/α-hetero) is 1. The lowest BCUT2D eigenvalue weighted by atomic mass is 9.96. The summed E-state index contributed by atoms with van der Waals surface area (Å²) in [7, 11) is 0. The molecule has 1 atom stereocenters. The van der Waals surface area contributed by atoms with E-state index in [4.69, 9.17) is 0 Å². The molecule has 0 aliphatic carbocycles. The van der Waals surface area contributed by atoms with Crippen LogP contribution >= 0.6 is 0 Å². The Morgan fingerprint density at radius 1 is 1.03 bits per heavy atom. The molecule has 174 valence electrons. The molecule has 2 aliphatic rings. The predicted octanol–water partition coefficient (Wildman–Crippen LogP) is 6.17. The number of piperidine rings is 1. The summed E-state index contributed by atoms with van der Waals surface area (Å²) in [4.78, 5) is 17.1. The fourth-order valence-electron chi connectivity index (χ4n) is 5.37. The minimum absolute atomic E-state index is 0.122. The monoisotopic (exact) mass is 442 g/mol. The molecule has 0 aromatic heterocycles. The summed E-state index contributed by atoms with van der Waals surface area (Å²) in [6, 6.07) is 15.6. The van der Waals surface area contributed by atoms with Crippen LogP contribution in [0.2, 0.25) is 0 Å². The Labute approximate surface area is 199 Å². The zero-order chi connectivity index (χ0) is 23.2. The maximum absolute atomic E-state index is 12.4. The molecule has 0 N–H and O–H groups in total. The maximum Gasteiger partial charge on any atom is 0.152 e. The lowest BCUT2D eigenvalue weighted by Gasteiger charge is -2.28. The summed E-state index contributed by atoms with van der Waals surface area (Å²) in [5.74, 6) is 0.206. The Morgan fingerprint density at radius 3 is 2.45 bits per heavy atom. The Hall–Kier alpha value is -2.65. The smallest absolute Gasteiger partial charge is 0.152 e. The molecule has 0 radical (unpaired) electrons. The molecule has 2 aliphatic heterocycles. The van der Waals surface area contributed by atoms with Crippen molar-refractivity contribution in [2.45, 2.75) is 71.0 Å². The second-order valence-electron chi connectivity index (χ2n) is 9.66. The highest BCUT2D eigenvalue weighted by molar-refractivity contribution is 5.84. The summed E-state index contributed by atoms with van der Waals surface area (Å²) in [6.45, 7) is 14.2. The van der Waals surface area contributed by atoms with Crippen molar-refractivity contribution in [1.82, 2.24) is 9.80 Å².